The number of hydrogen-bond acceptors (Lipinski definition) is 6. The second-order valence-corrected chi connectivity index (χ2v) is 11.6. The van der Waals surface area contributed by atoms with E-state index in [0.717, 1.165) is 32.1 Å². The molecule has 1 aromatic rings. The SMILES string of the molecule is CC1CCC(C(C)C)C(OC(=O)c2ccc(C3CC(C)CCC3C(C)C)c([N+](=O)[O-])c2[N+](=O)[O-])C1. The number of nitrogens with zero attached hydrogens (tertiary/aromatic N) is 2. The van der Waals surface area contributed by atoms with Crippen LogP contribution in [0.5, 0.6) is 0 Å². The fourth-order valence-electron chi connectivity index (χ4n) is 6.45. The van der Waals surface area contributed by atoms with Crippen molar-refractivity contribution in [2.24, 2.45) is 35.5 Å². The number of carbonyl (C=O) groups excluding carboxylic acids is 1. The number of nitro groups is 2. The van der Waals surface area contributed by atoms with Crippen LogP contribution in [0.15, 0.2) is 12.1 Å². The summed E-state index contributed by atoms with van der Waals surface area (Å²) in [4.78, 5) is 36.2. The van der Waals surface area contributed by atoms with E-state index < -0.39 is 27.2 Å². The van der Waals surface area contributed by atoms with Crippen LogP contribution in [0.25, 0.3) is 0 Å². The lowest BCUT2D eigenvalue weighted by atomic mass is 9.67. The van der Waals surface area contributed by atoms with E-state index in [1.54, 1.807) is 6.07 Å². The van der Waals surface area contributed by atoms with Gasteiger partial charge in [0.05, 0.1) is 9.85 Å². The zero-order valence-electron chi connectivity index (χ0n) is 21.9. The standard InChI is InChI=1S/C27H40N2O6/c1-15(2)19-9-7-17(5)13-23(19)21-11-12-22(26(29(33)34)25(21)28(31)32)27(30)35-24-14-18(6)8-10-20(24)16(3)4/h11-12,15-20,23-24H,7-10,13-14H2,1-6H3. The lowest BCUT2D eigenvalue weighted by Crippen LogP contribution is -2.36. The van der Waals surface area contributed by atoms with Crippen LogP contribution >= 0.6 is 0 Å². The van der Waals surface area contributed by atoms with Gasteiger partial charge in [-0.1, -0.05) is 60.5 Å². The molecule has 0 N–H and O–H groups in total. The molecule has 35 heavy (non-hydrogen) atoms. The molecule has 0 heterocycles. The topological polar surface area (TPSA) is 113 Å². The maximum absolute atomic E-state index is 13.3. The van der Waals surface area contributed by atoms with E-state index in [1.807, 2.05) is 0 Å². The molecule has 8 nitrogen and oxygen atoms in total. The van der Waals surface area contributed by atoms with Gasteiger partial charge in [-0.2, -0.15) is 0 Å². The molecular formula is C27H40N2O6. The number of ether oxygens (including phenoxy) is 1. The van der Waals surface area contributed by atoms with Gasteiger partial charge in [0.25, 0.3) is 0 Å². The van der Waals surface area contributed by atoms with Crippen molar-refractivity contribution in [1.82, 2.24) is 0 Å². The summed E-state index contributed by atoms with van der Waals surface area (Å²) in [5.41, 5.74) is -1.24. The number of hydrogen-bond donors (Lipinski definition) is 0. The zero-order chi connectivity index (χ0) is 26.0. The van der Waals surface area contributed by atoms with E-state index in [2.05, 4.69) is 41.5 Å². The fraction of sp³-hybridized carbons (Fsp3) is 0.741. The third-order valence-corrected chi connectivity index (χ3v) is 8.41. The molecule has 2 saturated carbocycles. The van der Waals surface area contributed by atoms with Crippen LogP contribution in [0.4, 0.5) is 11.4 Å². The molecular weight excluding hydrogens is 448 g/mol. The first-order valence-electron chi connectivity index (χ1n) is 13.1. The van der Waals surface area contributed by atoms with E-state index in [9.17, 15) is 25.0 Å². The van der Waals surface area contributed by atoms with Crippen molar-refractivity contribution in [3.8, 4) is 0 Å². The van der Waals surface area contributed by atoms with Crippen LogP contribution in [0.1, 0.15) is 102 Å². The molecule has 0 amide bonds. The number of esters is 1. The quantitative estimate of drug-likeness (QED) is 0.226. The molecule has 6 unspecified atom stereocenters. The summed E-state index contributed by atoms with van der Waals surface area (Å²) >= 11 is 0. The summed E-state index contributed by atoms with van der Waals surface area (Å²) in [7, 11) is 0. The molecule has 0 spiro atoms. The molecule has 1 aromatic carbocycles. The van der Waals surface area contributed by atoms with Gasteiger partial charge in [0.15, 0.2) is 0 Å². The first-order chi connectivity index (χ1) is 16.4. The maximum Gasteiger partial charge on any atom is 0.360 e. The minimum Gasteiger partial charge on any atom is -0.458 e. The summed E-state index contributed by atoms with van der Waals surface area (Å²) in [5, 5.41) is 24.4. The average Bonchev–Trinajstić information content (AvgIpc) is 2.77. The highest BCUT2D eigenvalue weighted by molar-refractivity contribution is 5.96. The third-order valence-electron chi connectivity index (χ3n) is 8.41. The van der Waals surface area contributed by atoms with Crippen molar-refractivity contribution in [2.75, 3.05) is 0 Å². The molecule has 2 fully saturated rings. The molecule has 6 atom stereocenters. The Kier molecular flexibility index (Phi) is 8.54. The van der Waals surface area contributed by atoms with E-state index in [1.165, 1.54) is 6.07 Å². The van der Waals surface area contributed by atoms with E-state index in [-0.39, 0.29) is 35.3 Å². The molecule has 8 heteroatoms. The third kappa shape index (κ3) is 5.84. The van der Waals surface area contributed by atoms with Crippen molar-refractivity contribution in [3.63, 3.8) is 0 Å². The summed E-state index contributed by atoms with van der Waals surface area (Å²) in [5.74, 6) is 0.707. The van der Waals surface area contributed by atoms with Crippen molar-refractivity contribution >= 4 is 17.3 Å². The van der Waals surface area contributed by atoms with Gasteiger partial charge in [-0.05, 0) is 73.2 Å². The molecule has 0 bridgehead atoms. The van der Waals surface area contributed by atoms with Gasteiger partial charge in [-0.15, -0.1) is 0 Å². The smallest absolute Gasteiger partial charge is 0.360 e. The van der Waals surface area contributed by atoms with Gasteiger partial charge in [0, 0.05) is 5.56 Å². The lowest BCUT2D eigenvalue weighted by molar-refractivity contribution is -0.423. The fourth-order valence-corrected chi connectivity index (χ4v) is 6.45. The Balaban J connectivity index is 2.05. The molecule has 0 aromatic heterocycles. The van der Waals surface area contributed by atoms with Crippen molar-refractivity contribution < 1.29 is 19.4 Å². The first-order valence-corrected chi connectivity index (χ1v) is 13.1. The van der Waals surface area contributed by atoms with Gasteiger partial charge in [0.2, 0.25) is 0 Å². The Hall–Kier alpha value is -2.51. The van der Waals surface area contributed by atoms with E-state index in [0.29, 0.717) is 29.7 Å². The Morgan fingerprint density at radius 3 is 1.94 bits per heavy atom. The monoisotopic (exact) mass is 488 g/mol. The lowest BCUT2D eigenvalue weighted by Gasteiger charge is -2.37. The maximum atomic E-state index is 13.3. The molecule has 0 saturated heterocycles. The number of nitro benzene ring substituents is 2. The minimum atomic E-state index is -0.839. The number of carbonyl (C=O) groups is 1. The van der Waals surface area contributed by atoms with Crippen LogP contribution in [-0.2, 0) is 4.74 Å². The normalized spacial score (nSPS) is 29.3. The molecule has 0 aliphatic heterocycles. The summed E-state index contributed by atoms with van der Waals surface area (Å²) < 4.78 is 5.84. The summed E-state index contributed by atoms with van der Waals surface area (Å²) in [6.45, 7) is 12.6. The predicted molar refractivity (Wildman–Crippen MR) is 134 cm³/mol. The number of rotatable bonds is 7. The Morgan fingerprint density at radius 2 is 1.40 bits per heavy atom. The van der Waals surface area contributed by atoms with Crippen LogP contribution in [0, 0.1) is 55.7 Å². The molecule has 2 aliphatic carbocycles. The molecule has 0 radical (unpaired) electrons. The van der Waals surface area contributed by atoms with Crippen molar-refractivity contribution in [2.45, 2.75) is 92.1 Å². The molecule has 2 aliphatic rings. The summed E-state index contributed by atoms with van der Waals surface area (Å²) in [6, 6.07) is 2.96. The highest BCUT2D eigenvalue weighted by Crippen LogP contribution is 2.49. The van der Waals surface area contributed by atoms with Crippen LogP contribution in [0.3, 0.4) is 0 Å². The van der Waals surface area contributed by atoms with Gasteiger partial charge < -0.3 is 4.74 Å². The van der Waals surface area contributed by atoms with Gasteiger partial charge in [-0.25, -0.2) is 4.79 Å². The Morgan fingerprint density at radius 1 is 0.857 bits per heavy atom. The Bertz CT molecular complexity index is 959. The molecule has 3 rings (SSSR count). The van der Waals surface area contributed by atoms with E-state index in [4.69, 9.17) is 4.74 Å². The van der Waals surface area contributed by atoms with Gasteiger partial charge in [-0.3, -0.25) is 20.2 Å². The zero-order valence-corrected chi connectivity index (χ0v) is 21.9. The van der Waals surface area contributed by atoms with Crippen LogP contribution < -0.4 is 0 Å². The number of benzene rings is 1. The van der Waals surface area contributed by atoms with Crippen LogP contribution in [-0.4, -0.2) is 21.9 Å². The van der Waals surface area contributed by atoms with Gasteiger partial charge >= 0.3 is 17.3 Å². The molecule has 194 valence electrons. The van der Waals surface area contributed by atoms with Crippen LogP contribution in [0.2, 0.25) is 0 Å². The first kappa shape index (κ1) is 27.1. The van der Waals surface area contributed by atoms with Crippen molar-refractivity contribution in [3.05, 3.63) is 43.5 Å². The largest absolute Gasteiger partial charge is 0.458 e. The van der Waals surface area contributed by atoms with Crippen molar-refractivity contribution in [1.29, 1.82) is 0 Å². The summed E-state index contributed by atoms with van der Waals surface area (Å²) in [6.07, 6.45) is 5.02. The minimum absolute atomic E-state index is 0.160. The highest BCUT2D eigenvalue weighted by atomic mass is 16.6. The van der Waals surface area contributed by atoms with E-state index >= 15 is 0 Å². The van der Waals surface area contributed by atoms with Gasteiger partial charge in [0.1, 0.15) is 11.7 Å². The Labute approximate surface area is 208 Å². The average molecular weight is 489 g/mol. The second-order valence-electron chi connectivity index (χ2n) is 11.6. The highest BCUT2D eigenvalue weighted by Gasteiger charge is 2.43. The predicted octanol–water partition coefficient (Wildman–Crippen LogP) is 7.30. The second kappa shape index (κ2) is 11.0.